The average molecular weight is 182 g/mol. The summed E-state index contributed by atoms with van der Waals surface area (Å²) in [5.41, 5.74) is 0.586. The van der Waals surface area contributed by atoms with Crippen LogP contribution in [0.3, 0.4) is 0 Å². The van der Waals surface area contributed by atoms with Gasteiger partial charge in [0.15, 0.2) is 0 Å². The highest BCUT2D eigenvalue weighted by atomic mass is 32.1. The smallest absolute Gasteiger partial charge is 0.317 e. The highest BCUT2D eigenvalue weighted by molar-refractivity contribution is 7.19. The lowest BCUT2D eigenvalue weighted by atomic mass is 10.4. The van der Waals surface area contributed by atoms with Gasteiger partial charge in [-0.3, -0.25) is 0 Å². The van der Waals surface area contributed by atoms with E-state index < -0.39 is 6.01 Å². The summed E-state index contributed by atoms with van der Waals surface area (Å²) in [5, 5.41) is 18.2. The standard InChI is InChI=1S/C7H6N2O2S/c1-3-2-4-5(12-3)6(10)9-7(11)8-4/h2H,1H3,(H2,8,9,10,11). The van der Waals surface area contributed by atoms with Gasteiger partial charge in [0.25, 0.3) is 0 Å². The topological polar surface area (TPSA) is 66.2 Å². The zero-order valence-corrected chi connectivity index (χ0v) is 7.09. The Balaban J connectivity index is 2.88. The van der Waals surface area contributed by atoms with Crippen molar-refractivity contribution < 1.29 is 10.2 Å². The summed E-state index contributed by atoms with van der Waals surface area (Å²) in [4.78, 5) is 8.21. The van der Waals surface area contributed by atoms with Gasteiger partial charge in [-0.1, -0.05) is 0 Å². The van der Waals surface area contributed by atoms with Crippen LogP contribution >= 0.6 is 11.3 Å². The first-order chi connectivity index (χ1) is 5.66. The SMILES string of the molecule is Cc1cc2nc(O)nc(O)c2s1. The summed E-state index contributed by atoms with van der Waals surface area (Å²) in [6, 6.07) is 1.40. The highest BCUT2D eigenvalue weighted by Gasteiger charge is 2.07. The Hall–Kier alpha value is -1.36. The van der Waals surface area contributed by atoms with Crippen LogP contribution in [0.2, 0.25) is 0 Å². The van der Waals surface area contributed by atoms with Crippen molar-refractivity contribution in [1.29, 1.82) is 0 Å². The van der Waals surface area contributed by atoms with Crippen molar-refractivity contribution in [2.24, 2.45) is 0 Å². The molecule has 0 atom stereocenters. The van der Waals surface area contributed by atoms with E-state index in [9.17, 15) is 5.11 Å². The van der Waals surface area contributed by atoms with Gasteiger partial charge in [-0.2, -0.15) is 9.97 Å². The fraction of sp³-hybridized carbons (Fsp3) is 0.143. The first-order valence-electron chi connectivity index (χ1n) is 3.33. The predicted molar refractivity (Wildman–Crippen MR) is 45.5 cm³/mol. The number of hydrogen-bond donors (Lipinski definition) is 2. The number of nitrogens with zero attached hydrogens (tertiary/aromatic N) is 2. The largest absolute Gasteiger partial charge is 0.492 e. The lowest BCUT2D eigenvalue weighted by molar-refractivity contribution is 0.404. The molecule has 0 aromatic carbocycles. The third-order valence-corrected chi connectivity index (χ3v) is 2.50. The van der Waals surface area contributed by atoms with Crippen molar-refractivity contribution in [3.05, 3.63) is 10.9 Å². The molecular weight excluding hydrogens is 176 g/mol. The van der Waals surface area contributed by atoms with Crippen molar-refractivity contribution in [3.8, 4) is 11.9 Å². The summed E-state index contributed by atoms with van der Waals surface area (Å²) >= 11 is 1.40. The molecule has 0 radical (unpaired) electrons. The van der Waals surface area contributed by atoms with Gasteiger partial charge < -0.3 is 10.2 Å². The van der Waals surface area contributed by atoms with E-state index in [0.29, 0.717) is 10.2 Å². The van der Waals surface area contributed by atoms with E-state index in [1.54, 1.807) is 6.07 Å². The van der Waals surface area contributed by atoms with E-state index in [4.69, 9.17) is 5.11 Å². The fourth-order valence-electron chi connectivity index (χ4n) is 1.02. The maximum atomic E-state index is 9.26. The Morgan fingerprint density at radius 2 is 2.08 bits per heavy atom. The summed E-state index contributed by atoms with van der Waals surface area (Å²) in [6.45, 7) is 1.91. The summed E-state index contributed by atoms with van der Waals surface area (Å²) in [7, 11) is 0. The molecule has 0 aliphatic rings. The number of rotatable bonds is 0. The van der Waals surface area contributed by atoms with Gasteiger partial charge in [0.1, 0.15) is 4.70 Å². The van der Waals surface area contributed by atoms with E-state index in [2.05, 4.69) is 9.97 Å². The van der Waals surface area contributed by atoms with Crippen molar-refractivity contribution in [2.45, 2.75) is 6.92 Å². The Kier molecular flexibility index (Phi) is 1.41. The second-order valence-electron chi connectivity index (χ2n) is 2.42. The third kappa shape index (κ3) is 0.984. The molecule has 0 saturated heterocycles. The second-order valence-corrected chi connectivity index (χ2v) is 3.67. The van der Waals surface area contributed by atoms with Gasteiger partial charge in [0, 0.05) is 4.88 Å². The van der Waals surface area contributed by atoms with Gasteiger partial charge in [0.05, 0.1) is 5.52 Å². The Bertz CT molecular complexity index is 438. The first kappa shape index (κ1) is 7.30. The van der Waals surface area contributed by atoms with Gasteiger partial charge in [0.2, 0.25) is 5.88 Å². The lowest BCUT2D eigenvalue weighted by Crippen LogP contribution is -1.80. The molecule has 0 aliphatic heterocycles. The van der Waals surface area contributed by atoms with Crippen LogP contribution in [0.25, 0.3) is 10.2 Å². The molecule has 2 rings (SSSR count). The molecule has 0 fully saturated rings. The summed E-state index contributed by atoms with van der Waals surface area (Å²) < 4.78 is 0.616. The molecule has 0 unspecified atom stereocenters. The van der Waals surface area contributed by atoms with Crippen molar-refractivity contribution in [2.75, 3.05) is 0 Å². The summed E-state index contributed by atoms with van der Waals surface area (Å²) in [6.07, 6.45) is 0. The Morgan fingerprint density at radius 3 is 2.83 bits per heavy atom. The molecule has 0 saturated carbocycles. The zero-order valence-electron chi connectivity index (χ0n) is 6.27. The maximum absolute atomic E-state index is 9.26. The highest BCUT2D eigenvalue weighted by Crippen LogP contribution is 2.30. The van der Waals surface area contributed by atoms with Crippen molar-refractivity contribution >= 4 is 21.6 Å². The number of aryl methyl sites for hydroxylation is 1. The second kappa shape index (κ2) is 2.31. The zero-order chi connectivity index (χ0) is 8.72. The minimum atomic E-state index is -0.391. The normalized spacial score (nSPS) is 10.8. The molecule has 4 nitrogen and oxygen atoms in total. The van der Waals surface area contributed by atoms with Crippen LogP contribution in [-0.2, 0) is 0 Å². The number of hydrogen-bond acceptors (Lipinski definition) is 5. The van der Waals surface area contributed by atoms with Crippen LogP contribution in [0.1, 0.15) is 4.88 Å². The van der Waals surface area contributed by atoms with E-state index >= 15 is 0 Å². The molecule has 0 aliphatic carbocycles. The van der Waals surface area contributed by atoms with Gasteiger partial charge >= 0.3 is 6.01 Å². The van der Waals surface area contributed by atoms with Crippen LogP contribution in [0.5, 0.6) is 11.9 Å². The van der Waals surface area contributed by atoms with E-state index in [1.165, 1.54) is 11.3 Å². The van der Waals surface area contributed by atoms with Gasteiger partial charge in [-0.05, 0) is 13.0 Å². The van der Waals surface area contributed by atoms with Crippen molar-refractivity contribution in [1.82, 2.24) is 9.97 Å². The molecule has 2 heterocycles. The third-order valence-electron chi connectivity index (χ3n) is 1.47. The number of fused-ring (bicyclic) bond motifs is 1. The first-order valence-corrected chi connectivity index (χ1v) is 4.14. The maximum Gasteiger partial charge on any atom is 0.317 e. The number of aromatic nitrogens is 2. The fourth-order valence-corrected chi connectivity index (χ4v) is 1.86. The van der Waals surface area contributed by atoms with Crippen LogP contribution in [-0.4, -0.2) is 20.2 Å². The van der Waals surface area contributed by atoms with Crippen LogP contribution < -0.4 is 0 Å². The molecule has 0 bridgehead atoms. The molecular formula is C7H6N2O2S. The molecule has 2 aromatic heterocycles. The van der Waals surface area contributed by atoms with E-state index in [0.717, 1.165) is 4.88 Å². The molecule has 2 aromatic rings. The Labute approximate surface area is 72.1 Å². The van der Waals surface area contributed by atoms with Crippen molar-refractivity contribution in [3.63, 3.8) is 0 Å². The Morgan fingerprint density at radius 1 is 1.33 bits per heavy atom. The van der Waals surface area contributed by atoms with Crippen LogP contribution in [0.4, 0.5) is 0 Å². The number of aromatic hydroxyl groups is 2. The molecule has 62 valence electrons. The van der Waals surface area contributed by atoms with E-state index in [-0.39, 0.29) is 5.88 Å². The van der Waals surface area contributed by atoms with Crippen LogP contribution in [0.15, 0.2) is 6.07 Å². The van der Waals surface area contributed by atoms with Gasteiger partial charge in [-0.25, -0.2) is 0 Å². The summed E-state index contributed by atoms with van der Waals surface area (Å²) in [5.74, 6) is -0.157. The predicted octanol–water partition coefficient (Wildman–Crippen LogP) is 1.41. The quantitative estimate of drug-likeness (QED) is 0.646. The monoisotopic (exact) mass is 182 g/mol. The molecule has 2 N–H and O–H groups in total. The molecule has 0 amide bonds. The molecule has 12 heavy (non-hydrogen) atoms. The lowest BCUT2D eigenvalue weighted by Gasteiger charge is -1.92. The van der Waals surface area contributed by atoms with E-state index in [1.807, 2.05) is 6.92 Å². The molecule has 5 heteroatoms. The van der Waals surface area contributed by atoms with Gasteiger partial charge in [-0.15, -0.1) is 11.3 Å². The van der Waals surface area contributed by atoms with Crippen LogP contribution in [0, 0.1) is 6.92 Å². The molecule has 0 spiro atoms. The minimum Gasteiger partial charge on any atom is -0.492 e. The minimum absolute atomic E-state index is 0.157. The number of thiophene rings is 1. The average Bonchev–Trinajstić information content (AvgIpc) is 2.29.